The van der Waals surface area contributed by atoms with Crippen LogP contribution in [0.2, 0.25) is 0 Å². The van der Waals surface area contributed by atoms with E-state index in [2.05, 4.69) is 25.2 Å². The highest BCUT2D eigenvalue weighted by Crippen LogP contribution is 2.27. The average Bonchev–Trinajstić information content (AvgIpc) is 2.66. The maximum Gasteiger partial charge on any atom is 0.381 e. The number of rotatable bonds is 4. The van der Waals surface area contributed by atoms with Gasteiger partial charge in [-0.3, -0.25) is 0 Å². The van der Waals surface area contributed by atoms with Crippen LogP contribution < -0.4 is 4.74 Å². The number of phenols is 1. The van der Waals surface area contributed by atoms with Crippen molar-refractivity contribution in [2.24, 2.45) is 10.2 Å². The first-order valence-electron chi connectivity index (χ1n) is 7.81. The van der Waals surface area contributed by atoms with E-state index < -0.39 is 11.8 Å². The fourth-order valence-corrected chi connectivity index (χ4v) is 2.18. The van der Waals surface area contributed by atoms with Crippen LogP contribution in [0.3, 0.4) is 0 Å². The molecule has 3 rings (SSSR count). The number of benzene rings is 2. The van der Waals surface area contributed by atoms with E-state index in [9.17, 15) is 14.3 Å². The number of azo groups is 1. The molecule has 0 atom stereocenters. The number of esters is 1. The molecule has 1 N–H and O–H groups in total. The minimum atomic E-state index is -0.836. The molecule has 0 saturated heterocycles. The van der Waals surface area contributed by atoms with Crippen molar-refractivity contribution in [2.75, 3.05) is 0 Å². The van der Waals surface area contributed by atoms with E-state index >= 15 is 0 Å². The molecule has 0 aliphatic rings. The highest BCUT2D eigenvalue weighted by atomic mass is 19.1. The predicted molar refractivity (Wildman–Crippen MR) is 92.9 cm³/mol. The van der Waals surface area contributed by atoms with E-state index in [0.717, 1.165) is 18.5 Å². The maximum absolute atomic E-state index is 12.9. The standard InChI is InChI=1S/C18H14FN5O3/c1-10-7-13(8-11(2)15(10)25)23-24-18-21-9-20-16(22-18)17(26)27-14-5-3-12(19)4-6-14/h3-9,25H,1-2H3. The molecule has 1 heterocycles. The van der Waals surface area contributed by atoms with Crippen LogP contribution in [0.5, 0.6) is 11.5 Å². The summed E-state index contributed by atoms with van der Waals surface area (Å²) in [4.78, 5) is 23.5. The molecule has 0 amide bonds. The topological polar surface area (TPSA) is 110 Å². The second-order valence-corrected chi connectivity index (χ2v) is 5.58. The summed E-state index contributed by atoms with van der Waals surface area (Å²) in [6, 6.07) is 8.25. The normalized spacial score (nSPS) is 10.9. The Morgan fingerprint density at radius 1 is 1.07 bits per heavy atom. The molecular weight excluding hydrogens is 353 g/mol. The van der Waals surface area contributed by atoms with Crippen molar-refractivity contribution >= 4 is 17.6 Å². The first-order chi connectivity index (χ1) is 12.9. The van der Waals surface area contributed by atoms with Gasteiger partial charge in [-0.25, -0.2) is 14.2 Å². The Bertz CT molecular complexity index is 999. The number of ether oxygens (including phenoxy) is 1. The zero-order valence-corrected chi connectivity index (χ0v) is 14.4. The van der Waals surface area contributed by atoms with Gasteiger partial charge >= 0.3 is 5.97 Å². The molecule has 0 spiro atoms. The number of aromatic hydroxyl groups is 1. The Kier molecular flexibility index (Phi) is 5.11. The minimum absolute atomic E-state index is 0.0839. The molecule has 0 aliphatic carbocycles. The highest BCUT2D eigenvalue weighted by molar-refractivity contribution is 5.87. The second kappa shape index (κ2) is 7.65. The quantitative estimate of drug-likeness (QED) is 0.424. The van der Waals surface area contributed by atoms with Crippen LogP contribution in [0.4, 0.5) is 16.0 Å². The van der Waals surface area contributed by atoms with Gasteiger partial charge in [0, 0.05) is 0 Å². The molecule has 0 saturated carbocycles. The molecule has 0 fully saturated rings. The number of hydrogen-bond acceptors (Lipinski definition) is 8. The number of halogens is 1. The number of hydrogen-bond donors (Lipinski definition) is 1. The van der Waals surface area contributed by atoms with Crippen molar-refractivity contribution in [3.05, 3.63) is 65.5 Å². The van der Waals surface area contributed by atoms with Crippen molar-refractivity contribution in [1.82, 2.24) is 15.0 Å². The van der Waals surface area contributed by atoms with Gasteiger partial charge in [0.1, 0.15) is 23.6 Å². The summed E-state index contributed by atoms with van der Waals surface area (Å²) in [6.07, 6.45) is 1.11. The molecule has 1 aromatic heterocycles. The molecule has 27 heavy (non-hydrogen) atoms. The Hall–Kier alpha value is -3.75. The third-order valence-electron chi connectivity index (χ3n) is 3.50. The van der Waals surface area contributed by atoms with Gasteiger partial charge in [-0.15, -0.1) is 10.2 Å². The van der Waals surface area contributed by atoms with E-state index in [1.165, 1.54) is 12.1 Å². The Balaban J connectivity index is 1.77. The van der Waals surface area contributed by atoms with Gasteiger partial charge in [0.25, 0.3) is 5.95 Å². The third-order valence-corrected chi connectivity index (χ3v) is 3.50. The number of nitrogens with zero attached hydrogens (tertiary/aromatic N) is 5. The van der Waals surface area contributed by atoms with Crippen LogP contribution in [0.25, 0.3) is 0 Å². The molecular formula is C18H14FN5O3. The maximum atomic E-state index is 12.9. The van der Waals surface area contributed by atoms with Crippen LogP contribution in [-0.4, -0.2) is 26.0 Å². The lowest BCUT2D eigenvalue weighted by atomic mass is 10.1. The van der Waals surface area contributed by atoms with Gasteiger partial charge in [0.05, 0.1) is 5.69 Å². The number of aromatic nitrogens is 3. The van der Waals surface area contributed by atoms with Crippen LogP contribution >= 0.6 is 0 Å². The summed E-state index contributed by atoms with van der Waals surface area (Å²) < 4.78 is 17.9. The van der Waals surface area contributed by atoms with Gasteiger partial charge in [-0.05, 0) is 61.4 Å². The molecule has 136 valence electrons. The Morgan fingerprint density at radius 3 is 2.41 bits per heavy atom. The van der Waals surface area contributed by atoms with E-state index in [4.69, 9.17) is 4.74 Å². The lowest BCUT2D eigenvalue weighted by Gasteiger charge is -2.04. The van der Waals surface area contributed by atoms with Gasteiger partial charge < -0.3 is 9.84 Å². The molecule has 8 nitrogen and oxygen atoms in total. The fourth-order valence-electron chi connectivity index (χ4n) is 2.18. The van der Waals surface area contributed by atoms with Crippen molar-refractivity contribution in [3.63, 3.8) is 0 Å². The van der Waals surface area contributed by atoms with E-state index in [1.807, 2.05) is 0 Å². The van der Waals surface area contributed by atoms with Gasteiger partial charge in [0.15, 0.2) is 0 Å². The lowest BCUT2D eigenvalue weighted by molar-refractivity contribution is 0.0721. The van der Waals surface area contributed by atoms with Crippen LogP contribution in [0, 0.1) is 19.7 Å². The molecule has 2 aromatic carbocycles. The van der Waals surface area contributed by atoms with Gasteiger partial charge in [-0.1, -0.05) is 0 Å². The Labute approximate surface area is 153 Å². The monoisotopic (exact) mass is 367 g/mol. The number of aryl methyl sites for hydroxylation is 2. The minimum Gasteiger partial charge on any atom is -0.507 e. The highest BCUT2D eigenvalue weighted by Gasteiger charge is 2.13. The zero-order valence-electron chi connectivity index (χ0n) is 14.4. The van der Waals surface area contributed by atoms with Crippen LogP contribution in [0.15, 0.2) is 53.0 Å². The first-order valence-corrected chi connectivity index (χ1v) is 7.81. The first kappa shape index (κ1) is 18.1. The van der Waals surface area contributed by atoms with Crippen molar-refractivity contribution in [3.8, 4) is 11.5 Å². The molecule has 9 heteroatoms. The van der Waals surface area contributed by atoms with Gasteiger partial charge in [-0.2, -0.15) is 9.97 Å². The summed E-state index contributed by atoms with van der Waals surface area (Å²) in [6.45, 7) is 3.49. The largest absolute Gasteiger partial charge is 0.507 e. The van der Waals surface area contributed by atoms with Crippen LogP contribution in [0.1, 0.15) is 21.7 Å². The summed E-state index contributed by atoms with van der Waals surface area (Å²) in [5.41, 5.74) is 1.81. The summed E-state index contributed by atoms with van der Waals surface area (Å²) >= 11 is 0. The van der Waals surface area contributed by atoms with Crippen molar-refractivity contribution in [2.45, 2.75) is 13.8 Å². The summed E-state index contributed by atoms with van der Waals surface area (Å²) in [5.74, 6) is -1.28. The van der Waals surface area contributed by atoms with E-state index in [0.29, 0.717) is 16.8 Å². The lowest BCUT2D eigenvalue weighted by Crippen LogP contribution is -2.13. The molecule has 0 aliphatic heterocycles. The van der Waals surface area contributed by atoms with Crippen molar-refractivity contribution < 1.29 is 19.0 Å². The number of phenolic OH excluding ortho intramolecular Hbond substituents is 1. The third kappa shape index (κ3) is 4.46. The average molecular weight is 367 g/mol. The summed E-state index contributed by atoms with van der Waals surface area (Å²) in [7, 11) is 0. The fraction of sp³-hybridized carbons (Fsp3) is 0.111. The number of carbonyl (C=O) groups is 1. The Morgan fingerprint density at radius 2 is 1.74 bits per heavy atom. The molecule has 3 aromatic rings. The predicted octanol–water partition coefficient (Wildman–Crippen LogP) is 3.97. The van der Waals surface area contributed by atoms with E-state index in [1.54, 1.807) is 26.0 Å². The smallest absolute Gasteiger partial charge is 0.381 e. The zero-order chi connectivity index (χ0) is 19.4. The molecule has 0 bridgehead atoms. The molecule has 0 radical (unpaired) electrons. The number of carbonyl (C=O) groups excluding carboxylic acids is 1. The van der Waals surface area contributed by atoms with E-state index in [-0.39, 0.29) is 23.3 Å². The SMILES string of the molecule is Cc1cc(N=Nc2ncnc(C(=O)Oc3ccc(F)cc3)n2)cc(C)c1O. The second-order valence-electron chi connectivity index (χ2n) is 5.58. The summed E-state index contributed by atoms with van der Waals surface area (Å²) in [5, 5.41) is 17.6. The van der Waals surface area contributed by atoms with Crippen molar-refractivity contribution in [1.29, 1.82) is 0 Å². The van der Waals surface area contributed by atoms with Gasteiger partial charge in [0.2, 0.25) is 5.82 Å². The van der Waals surface area contributed by atoms with Crippen LogP contribution in [-0.2, 0) is 0 Å². The molecule has 0 unspecified atom stereocenters.